The smallest absolute Gasteiger partial charge is 0.119 e. The maximum Gasteiger partial charge on any atom is 0.119 e. The lowest BCUT2D eigenvalue weighted by Crippen LogP contribution is -2.56. The van der Waals surface area contributed by atoms with Crippen molar-refractivity contribution in [2.45, 2.75) is 56.6 Å². The first-order valence-electron chi connectivity index (χ1n) is 7.63. The lowest BCUT2D eigenvalue weighted by Gasteiger charge is -2.55. The normalized spacial score (nSPS) is 28.1. The molecular formula is C17H23ClO2. The Morgan fingerprint density at radius 1 is 1.25 bits per heavy atom. The minimum atomic E-state index is 0.263. The van der Waals surface area contributed by atoms with Crippen molar-refractivity contribution in [2.24, 2.45) is 5.41 Å². The highest BCUT2D eigenvalue weighted by Crippen LogP contribution is 2.55. The van der Waals surface area contributed by atoms with E-state index in [1.54, 1.807) is 7.11 Å². The third-order valence-electron chi connectivity index (χ3n) is 5.06. The number of hydrogen-bond acceptors (Lipinski definition) is 2. The van der Waals surface area contributed by atoms with Gasteiger partial charge in [-0.15, -0.1) is 11.6 Å². The summed E-state index contributed by atoms with van der Waals surface area (Å²) >= 11 is 6.51. The van der Waals surface area contributed by atoms with Crippen molar-refractivity contribution < 1.29 is 9.47 Å². The van der Waals surface area contributed by atoms with Gasteiger partial charge in [-0.1, -0.05) is 31.4 Å². The SMILES string of the molecule is COc1cccc(COC2CC(Cl)C23CCCCC3)c1. The van der Waals surface area contributed by atoms with Gasteiger partial charge in [-0.25, -0.2) is 0 Å². The monoisotopic (exact) mass is 294 g/mol. The van der Waals surface area contributed by atoms with Gasteiger partial charge >= 0.3 is 0 Å². The number of benzene rings is 1. The standard InChI is InChI=1S/C17H23ClO2/c1-19-14-7-5-6-13(10-14)12-20-16-11-15(18)17(16)8-3-2-4-9-17/h5-7,10,15-16H,2-4,8-9,11-12H2,1H3. The molecule has 0 heterocycles. The van der Waals surface area contributed by atoms with Crippen molar-refractivity contribution in [1.82, 2.24) is 0 Å². The van der Waals surface area contributed by atoms with Crippen molar-refractivity contribution in [3.05, 3.63) is 29.8 Å². The van der Waals surface area contributed by atoms with Crippen molar-refractivity contribution in [2.75, 3.05) is 7.11 Å². The van der Waals surface area contributed by atoms with Gasteiger partial charge in [0.25, 0.3) is 0 Å². The van der Waals surface area contributed by atoms with E-state index < -0.39 is 0 Å². The molecule has 2 saturated carbocycles. The van der Waals surface area contributed by atoms with Gasteiger partial charge in [0, 0.05) is 10.8 Å². The molecule has 3 rings (SSSR count). The van der Waals surface area contributed by atoms with Gasteiger partial charge in [0.2, 0.25) is 0 Å². The van der Waals surface area contributed by atoms with Crippen LogP contribution in [0.25, 0.3) is 0 Å². The summed E-state index contributed by atoms with van der Waals surface area (Å²) in [6.07, 6.45) is 7.80. The number of halogens is 1. The number of methoxy groups -OCH3 is 1. The second kappa shape index (κ2) is 5.95. The van der Waals surface area contributed by atoms with E-state index in [0.717, 1.165) is 12.2 Å². The molecule has 0 amide bonds. The third-order valence-corrected chi connectivity index (χ3v) is 5.67. The Hall–Kier alpha value is -0.730. The largest absolute Gasteiger partial charge is 0.497 e. The minimum Gasteiger partial charge on any atom is -0.497 e. The van der Waals surface area contributed by atoms with Gasteiger partial charge in [-0.05, 0) is 37.0 Å². The number of rotatable bonds is 4. The van der Waals surface area contributed by atoms with Crippen LogP contribution in [0, 0.1) is 5.41 Å². The van der Waals surface area contributed by atoms with E-state index in [-0.39, 0.29) is 5.41 Å². The van der Waals surface area contributed by atoms with Gasteiger partial charge in [-0.3, -0.25) is 0 Å². The molecule has 0 aliphatic heterocycles. The van der Waals surface area contributed by atoms with Gasteiger partial charge in [0.1, 0.15) is 5.75 Å². The topological polar surface area (TPSA) is 18.5 Å². The highest BCUT2D eigenvalue weighted by atomic mass is 35.5. The van der Waals surface area contributed by atoms with E-state index in [9.17, 15) is 0 Å². The molecule has 2 aliphatic carbocycles. The first-order valence-corrected chi connectivity index (χ1v) is 8.07. The van der Waals surface area contributed by atoms with Crippen molar-refractivity contribution in [1.29, 1.82) is 0 Å². The molecule has 1 spiro atoms. The predicted octanol–water partition coefficient (Wildman–Crippen LogP) is 4.54. The Morgan fingerprint density at radius 3 is 2.75 bits per heavy atom. The highest BCUT2D eigenvalue weighted by Gasteiger charge is 2.54. The van der Waals surface area contributed by atoms with E-state index in [4.69, 9.17) is 21.1 Å². The van der Waals surface area contributed by atoms with Crippen LogP contribution in [0.3, 0.4) is 0 Å². The molecule has 2 nitrogen and oxygen atoms in total. The molecule has 1 aromatic carbocycles. The zero-order chi connectivity index (χ0) is 14.0. The van der Waals surface area contributed by atoms with Crippen LogP contribution in [0.15, 0.2) is 24.3 Å². The van der Waals surface area contributed by atoms with Crippen LogP contribution in [0.2, 0.25) is 0 Å². The predicted molar refractivity (Wildman–Crippen MR) is 81.3 cm³/mol. The summed E-state index contributed by atoms with van der Waals surface area (Å²) in [5.41, 5.74) is 1.44. The molecular weight excluding hydrogens is 272 g/mol. The zero-order valence-corrected chi connectivity index (χ0v) is 12.9. The number of hydrogen-bond donors (Lipinski definition) is 0. The molecule has 0 aromatic heterocycles. The fraction of sp³-hybridized carbons (Fsp3) is 0.647. The molecule has 2 atom stereocenters. The summed E-state index contributed by atoms with van der Waals surface area (Å²) in [5.74, 6) is 0.891. The quantitative estimate of drug-likeness (QED) is 0.759. The van der Waals surface area contributed by atoms with Crippen LogP contribution in [0.4, 0.5) is 0 Å². The second-order valence-electron chi connectivity index (χ2n) is 6.15. The Morgan fingerprint density at radius 2 is 2.05 bits per heavy atom. The number of ether oxygens (including phenoxy) is 2. The Kier molecular flexibility index (Phi) is 4.23. The molecule has 0 N–H and O–H groups in total. The number of alkyl halides is 1. The molecule has 0 saturated heterocycles. The van der Waals surface area contributed by atoms with Crippen molar-refractivity contribution in [3.63, 3.8) is 0 Å². The van der Waals surface area contributed by atoms with Crippen LogP contribution < -0.4 is 4.74 Å². The average Bonchev–Trinajstić information content (AvgIpc) is 2.52. The Labute approximate surface area is 126 Å². The average molecular weight is 295 g/mol. The summed E-state index contributed by atoms with van der Waals surface area (Å²) in [7, 11) is 1.70. The summed E-state index contributed by atoms with van der Waals surface area (Å²) in [5, 5.41) is 0.318. The van der Waals surface area contributed by atoms with Crippen LogP contribution in [-0.4, -0.2) is 18.6 Å². The van der Waals surface area contributed by atoms with E-state index in [0.29, 0.717) is 18.1 Å². The van der Waals surface area contributed by atoms with Crippen LogP contribution in [-0.2, 0) is 11.3 Å². The summed E-state index contributed by atoms with van der Waals surface area (Å²) in [4.78, 5) is 0. The van der Waals surface area contributed by atoms with Crippen molar-refractivity contribution >= 4 is 11.6 Å². The van der Waals surface area contributed by atoms with Gasteiger partial charge in [-0.2, -0.15) is 0 Å². The van der Waals surface area contributed by atoms with E-state index in [1.165, 1.54) is 37.7 Å². The van der Waals surface area contributed by atoms with Crippen molar-refractivity contribution in [3.8, 4) is 5.75 Å². The molecule has 2 aliphatic rings. The summed E-state index contributed by atoms with van der Waals surface area (Å²) in [6, 6.07) is 8.11. The molecule has 0 bridgehead atoms. The molecule has 1 aromatic rings. The molecule has 110 valence electrons. The molecule has 20 heavy (non-hydrogen) atoms. The van der Waals surface area contributed by atoms with Crippen LogP contribution in [0.1, 0.15) is 44.1 Å². The first kappa shape index (κ1) is 14.2. The maximum atomic E-state index is 6.51. The fourth-order valence-electron chi connectivity index (χ4n) is 3.74. The van der Waals surface area contributed by atoms with Crippen LogP contribution in [0.5, 0.6) is 5.75 Å². The summed E-state index contributed by atoms with van der Waals surface area (Å²) < 4.78 is 11.4. The Balaban J connectivity index is 1.60. The maximum absolute atomic E-state index is 6.51. The van der Waals surface area contributed by atoms with E-state index in [1.807, 2.05) is 18.2 Å². The van der Waals surface area contributed by atoms with Crippen LogP contribution >= 0.6 is 11.6 Å². The molecule has 3 heteroatoms. The molecule has 2 unspecified atom stereocenters. The summed E-state index contributed by atoms with van der Waals surface area (Å²) in [6.45, 7) is 0.660. The Bertz CT molecular complexity index is 454. The molecule has 2 fully saturated rings. The van der Waals surface area contributed by atoms with Gasteiger partial charge in [0.15, 0.2) is 0 Å². The van der Waals surface area contributed by atoms with E-state index >= 15 is 0 Å². The highest BCUT2D eigenvalue weighted by molar-refractivity contribution is 6.21. The fourth-order valence-corrected chi connectivity index (χ4v) is 4.26. The third kappa shape index (κ3) is 2.56. The van der Waals surface area contributed by atoms with E-state index in [2.05, 4.69) is 6.07 Å². The van der Waals surface area contributed by atoms with Gasteiger partial charge < -0.3 is 9.47 Å². The second-order valence-corrected chi connectivity index (χ2v) is 6.68. The first-order chi connectivity index (χ1) is 9.74. The van der Waals surface area contributed by atoms with Gasteiger partial charge in [0.05, 0.1) is 19.8 Å². The lowest BCUT2D eigenvalue weighted by atomic mass is 9.58. The molecule has 0 radical (unpaired) electrons. The lowest BCUT2D eigenvalue weighted by molar-refractivity contribution is -0.131. The minimum absolute atomic E-state index is 0.263. The zero-order valence-electron chi connectivity index (χ0n) is 12.1.